The molecule has 4 rings (SSSR count). The van der Waals surface area contributed by atoms with E-state index in [0.717, 1.165) is 35.3 Å². The highest BCUT2D eigenvalue weighted by molar-refractivity contribution is 5.92. The molecule has 0 bridgehead atoms. The number of anilines is 2. The number of aromatic nitrogens is 2. The van der Waals surface area contributed by atoms with Crippen molar-refractivity contribution < 1.29 is 14.4 Å². The van der Waals surface area contributed by atoms with Gasteiger partial charge >= 0.3 is 5.76 Å². The summed E-state index contributed by atoms with van der Waals surface area (Å²) in [6.45, 7) is 0.303. The van der Waals surface area contributed by atoms with Crippen LogP contribution in [-0.2, 0) is 17.8 Å². The zero-order valence-corrected chi connectivity index (χ0v) is 15.8. The summed E-state index contributed by atoms with van der Waals surface area (Å²) in [5, 5.41) is 20.4. The van der Waals surface area contributed by atoms with Crippen LogP contribution in [-0.4, -0.2) is 33.4 Å². The molecule has 3 aromatic rings. The molecule has 29 heavy (non-hydrogen) atoms. The van der Waals surface area contributed by atoms with Crippen molar-refractivity contribution in [2.75, 3.05) is 17.2 Å². The molecule has 1 atom stereocenters. The number of hydrogen-bond acceptors (Lipinski definition) is 6. The summed E-state index contributed by atoms with van der Waals surface area (Å²) >= 11 is 0. The van der Waals surface area contributed by atoms with E-state index in [1.165, 1.54) is 4.57 Å². The van der Waals surface area contributed by atoms with Gasteiger partial charge in [-0.15, -0.1) is 0 Å². The number of amides is 1. The van der Waals surface area contributed by atoms with Gasteiger partial charge in [-0.2, -0.15) is 0 Å². The molecule has 0 saturated heterocycles. The van der Waals surface area contributed by atoms with Crippen LogP contribution in [0.2, 0.25) is 0 Å². The number of aliphatic hydroxyl groups is 1. The number of nitrogens with zero attached hydrogens (tertiary/aromatic N) is 2. The van der Waals surface area contributed by atoms with Crippen molar-refractivity contribution >= 4 is 17.3 Å². The summed E-state index contributed by atoms with van der Waals surface area (Å²) in [5.41, 5.74) is 3.49. The molecule has 2 heterocycles. The topological polar surface area (TPSA) is 109 Å². The van der Waals surface area contributed by atoms with Crippen molar-refractivity contribution in [1.82, 2.24) is 9.72 Å². The van der Waals surface area contributed by atoms with Crippen LogP contribution in [0.4, 0.5) is 11.4 Å². The maximum Gasteiger partial charge on any atom is 0.441 e. The summed E-state index contributed by atoms with van der Waals surface area (Å²) in [5.74, 6) is -0.188. The lowest BCUT2D eigenvalue weighted by Gasteiger charge is -2.15. The molecule has 1 aliphatic heterocycles. The number of fused-ring (bicyclic) bond motifs is 1. The fourth-order valence-electron chi connectivity index (χ4n) is 3.42. The fourth-order valence-corrected chi connectivity index (χ4v) is 3.42. The van der Waals surface area contributed by atoms with E-state index in [0.29, 0.717) is 12.2 Å². The number of aliphatic hydroxyl groups excluding tert-OH is 1. The van der Waals surface area contributed by atoms with E-state index in [2.05, 4.69) is 15.8 Å². The van der Waals surface area contributed by atoms with E-state index in [1.807, 2.05) is 48.5 Å². The number of nitrogens with one attached hydrogen (secondary N) is 2. The van der Waals surface area contributed by atoms with Gasteiger partial charge in [-0.25, -0.2) is 4.79 Å². The molecule has 150 valence electrons. The average Bonchev–Trinajstić information content (AvgIpc) is 2.97. The lowest BCUT2D eigenvalue weighted by molar-refractivity contribution is -0.116. The van der Waals surface area contributed by atoms with Crippen molar-refractivity contribution in [3.8, 4) is 11.4 Å². The minimum Gasteiger partial charge on any atom is -0.389 e. The minimum atomic E-state index is -0.826. The lowest BCUT2D eigenvalue weighted by atomic mass is 10.1. The van der Waals surface area contributed by atoms with E-state index in [1.54, 1.807) is 0 Å². The lowest BCUT2D eigenvalue weighted by Crippen LogP contribution is -2.29. The largest absolute Gasteiger partial charge is 0.441 e. The Morgan fingerprint density at radius 2 is 2.00 bits per heavy atom. The molecule has 0 fully saturated rings. The number of carbonyl (C=O) groups is 1. The third-order valence-electron chi connectivity index (χ3n) is 4.88. The molecule has 0 aliphatic carbocycles. The van der Waals surface area contributed by atoms with Gasteiger partial charge in [0, 0.05) is 29.9 Å². The van der Waals surface area contributed by atoms with Crippen molar-refractivity contribution in [2.45, 2.75) is 31.9 Å². The van der Waals surface area contributed by atoms with Crippen LogP contribution in [0.15, 0.2) is 57.8 Å². The number of carbonyl (C=O) groups excluding carboxylic acids is 1. The molecule has 8 heteroatoms. The molecule has 1 aliphatic rings. The first-order chi connectivity index (χ1) is 14.1. The predicted octanol–water partition coefficient (Wildman–Crippen LogP) is 2.25. The van der Waals surface area contributed by atoms with Gasteiger partial charge in [0.2, 0.25) is 5.91 Å². The summed E-state index contributed by atoms with van der Waals surface area (Å²) in [7, 11) is 0. The van der Waals surface area contributed by atoms with Crippen LogP contribution < -0.4 is 16.4 Å². The fraction of sp³-hybridized carbons (Fsp3) is 0.286. The standard InChI is InChI=1S/C21H22N4O4/c26-17(13-25-20(24-29-21(25)28)14-5-2-1-3-6-14)12-22-16-9-10-18-15(11-16)7-4-8-19(27)23-18/h1-3,5-6,9-11,17,22,26H,4,7-8,12-13H2,(H,23,27). The molecular formula is C21H22N4O4. The maximum atomic E-state index is 12.0. The first kappa shape index (κ1) is 18.9. The summed E-state index contributed by atoms with van der Waals surface area (Å²) in [6, 6.07) is 14.9. The Bertz CT molecular complexity index is 1060. The zero-order valence-electron chi connectivity index (χ0n) is 15.8. The van der Waals surface area contributed by atoms with Crippen molar-refractivity contribution in [2.24, 2.45) is 0 Å². The predicted molar refractivity (Wildman–Crippen MR) is 109 cm³/mol. The van der Waals surface area contributed by atoms with Crippen LogP contribution in [0.25, 0.3) is 11.4 Å². The smallest absolute Gasteiger partial charge is 0.389 e. The van der Waals surface area contributed by atoms with Crippen molar-refractivity contribution in [3.63, 3.8) is 0 Å². The van der Waals surface area contributed by atoms with E-state index in [9.17, 15) is 14.7 Å². The van der Waals surface area contributed by atoms with Crippen molar-refractivity contribution in [3.05, 3.63) is 64.6 Å². The summed E-state index contributed by atoms with van der Waals surface area (Å²) < 4.78 is 6.12. The molecule has 1 aromatic heterocycles. The number of rotatable bonds is 6. The second kappa shape index (κ2) is 8.32. The van der Waals surface area contributed by atoms with E-state index < -0.39 is 11.9 Å². The van der Waals surface area contributed by atoms with Crippen LogP contribution in [0.1, 0.15) is 18.4 Å². The van der Waals surface area contributed by atoms with E-state index >= 15 is 0 Å². The zero-order chi connectivity index (χ0) is 20.2. The molecule has 1 unspecified atom stereocenters. The third-order valence-corrected chi connectivity index (χ3v) is 4.88. The molecule has 1 amide bonds. The first-order valence-corrected chi connectivity index (χ1v) is 9.57. The first-order valence-electron chi connectivity index (χ1n) is 9.57. The van der Waals surface area contributed by atoms with Gasteiger partial charge in [-0.1, -0.05) is 35.5 Å². The van der Waals surface area contributed by atoms with Gasteiger partial charge in [-0.3, -0.25) is 13.9 Å². The second-order valence-electron chi connectivity index (χ2n) is 7.06. The van der Waals surface area contributed by atoms with Crippen LogP contribution in [0.3, 0.4) is 0 Å². The monoisotopic (exact) mass is 394 g/mol. The highest BCUT2D eigenvalue weighted by Gasteiger charge is 2.17. The highest BCUT2D eigenvalue weighted by Crippen LogP contribution is 2.25. The Morgan fingerprint density at radius 3 is 2.83 bits per heavy atom. The van der Waals surface area contributed by atoms with Crippen molar-refractivity contribution in [1.29, 1.82) is 0 Å². The second-order valence-corrected chi connectivity index (χ2v) is 7.06. The van der Waals surface area contributed by atoms with Gasteiger partial charge in [-0.05, 0) is 36.6 Å². The Balaban J connectivity index is 1.42. The molecular weight excluding hydrogens is 372 g/mol. The maximum absolute atomic E-state index is 12.0. The van der Waals surface area contributed by atoms with Gasteiger partial charge < -0.3 is 15.7 Å². The SMILES string of the molecule is O=C1CCCc2cc(NCC(O)Cn3c(-c4ccccc4)noc3=O)ccc2N1. The van der Waals surface area contributed by atoms with E-state index in [4.69, 9.17) is 4.52 Å². The van der Waals surface area contributed by atoms with Gasteiger partial charge in [0.1, 0.15) is 0 Å². The van der Waals surface area contributed by atoms with Crippen LogP contribution in [0.5, 0.6) is 0 Å². The molecule has 2 aromatic carbocycles. The van der Waals surface area contributed by atoms with Gasteiger partial charge in [0.15, 0.2) is 5.82 Å². The Labute approximate surface area is 167 Å². The molecule has 3 N–H and O–H groups in total. The minimum absolute atomic E-state index is 0.0354. The normalized spacial score (nSPS) is 14.6. The number of benzene rings is 2. The van der Waals surface area contributed by atoms with E-state index in [-0.39, 0.29) is 19.0 Å². The molecule has 8 nitrogen and oxygen atoms in total. The summed E-state index contributed by atoms with van der Waals surface area (Å²) in [6.07, 6.45) is 1.33. The highest BCUT2D eigenvalue weighted by atomic mass is 16.5. The Kier molecular flexibility index (Phi) is 5.44. The third kappa shape index (κ3) is 4.38. The number of aryl methyl sites for hydroxylation is 1. The molecule has 0 saturated carbocycles. The van der Waals surface area contributed by atoms with Crippen LogP contribution >= 0.6 is 0 Å². The van der Waals surface area contributed by atoms with Crippen LogP contribution in [0, 0.1) is 0 Å². The Hall–Kier alpha value is -3.39. The molecule has 0 spiro atoms. The number of hydrogen-bond donors (Lipinski definition) is 3. The Morgan fingerprint density at radius 1 is 1.17 bits per heavy atom. The molecule has 0 radical (unpaired) electrons. The van der Waals surface area contributed by atoms with Gasteiger partial charge in [0.05, 0.1) is 12.6 Å². The summed E-state index contributed by atoms with van der Waals surface area (Å²) in [4.78, 5) is 23.7. The van der Waals surface area contributed by atoms with Gasteiger partial charge in [0.25, 0.3) is 0 Å². The average molecular weight is 394 g/mol. The quantitative estimate of drug-likeness (QED) is 0.592.